The molecule has 0 radical (unpaired) electrons. The van der Waals surface area contributed by atoms with Crippen LogP contribution in [0.15, 0.2) is 0 Å². The number of hydrogen-bond acceptors (Lipinski definition) is 3. The van der Waals surface area contributed by atoms with Crippen molar-refractivity contribution in [1.82, 2.24) is 4.90 Å². The Morgan fingerprint density at radius 3 is 1.90 bits per heavy atom. The zero-order chi connectivity index (χ0) is 14.5. The van der Waals surface area contributed by atoms with Crippen molar-refractivity contribution in [3.8, 4) is 0 Å². The van der Waals surface area contributed by atoms with E-state index in [-0.39, 0.29) is 18.4 Å². The van der Waals surface area contributed by atoms with Gasteiger partial charge in [-0.15, -0.1) is 12.4 Å². The third kappa shape index (κ3) is 13.4. The van der Waals surface area contributed by atoms with E-state index in [2.05, 4.69) is 0 Å². The number of halogens is 1. The standard InChI is InChI=1S/C8H17NO2.C5H10N2O.ClH/c9-7-5-3-1-2-4-6-8(10)11;6-5(8)7-3-1-2-4-7;/h1-7,9H2,(H,10,11);1-4H2,(H2,6,8);1H. The van der Waals surface area contributed by atoms with E-state index in [1.54, 1.807) is 4.90 Å². The van der Waals surface area contributed by atoms with Crippen LogP contribution in [-0.2, 0) is 4.79 Å². The molecule has 1 rings (SSSR count). The fourth-order valence-electron chi connectivity index (χ4n) is 1.89. The minimum absolute atomic E-state index is 0. The van der Waals surface area contributed by atoms with Crippen LogP contribution in [0.4, 0.5) is 4.79 Å². The van der Waals surface area contributed by atoms with Gasteiger partial charge in [0.15, 0.2) is 0 Å². The molecule has 0 bridgehead atoms. The van der Waals surface area contributed by atoms with Crippen molar-refractivity contribution in [2.45, 2.75) is 51.4 Å². The highest BCUT2D eigenvalue weighted by molar-refractivity contribution is 5.85. The topological polar surface area (TPSA) is 110 Å². The summed E-state index contributed by atoms with van der Waals surface area (Å²) in [6.07, 6.45) is 7.67. The normalized spacial score (nSPS) is 13.2. The first-order valence-electron chi connectivity index (χ1n) is 7.04. The number of carbonyl (C=O) groups excluding carboxylic acids is 1. The minimum atomic E-state index is -0.691. The van der Waals surface area contributed by atoms with Gasteiger partial charge in [-0.1, -0.05) is 19.3 Å². The summed E-state index contributed by atoms with van der Waals surface area (Å²) in [5.74, 6) is -0.691. The van der Waals surface area contributed by atoms with Gasteiger partial charge in [0.25, 0.3) is 0 Å². The van der Waals surface area contributed by atoms with Crippen LogP contribution in [0.5, 0.6) is 0 Å². The first-order chi connectivity index (χ1) is 9.07. The van der Waals surface area contributed by atoms with E-state index in [4.69, 9.17) is 16.6 Å². The summed E-state index contributed by atoms with van der Waals surface area (Å²) < 4.78 is 0. The van der Waals surface area contributed by atoms with Crippen molar-refractivity contribution in [2.24, 2.45) is 11.5 Å². The van der Waals surface area contributed by atoms with E-state index in [1.165, 1.54) is 0 Å². The second-order valence-corrected chi connectivity index (χ2v) is 4.73. The van der Waals surface area contributed by atoms with Gasteiger partial charge in [0.05, 0.1) is 0 Å². The lowest BCUT2D eigenvalue weighted by Crippen LogP contribution is -2.32. The predicted molar refractivity (Wildman–Crippen MR) is 82.0 cm³/mol. The molecule has 0 saturated carbocycles. The Kier molecular flexibility index (Phi) is 15.3. The number of aliphatic carboxylic acids is 1. The van der Waals surface area contributed by atoms with Crippen molar-refractivity contribution in [2.75, 3.05) is 19.6 Å². The lowest BCUT2D eigenvalue weighted by molar-refractivity contribution is -0.137. The minimum Gasteiger partial charge on any atom is -0.481 e. The molecule has 5 N–H and O–H groups in total. The molecule has 0 atom stereocenters. The van der Waals surface area contributed by atoms with Crippen LogP contribution in [0.3, 0.4) is 0 Å². The molecule has 20 heavy (non-hydrogen) atoms. The first-order valence-corrected chi connectivity index (χ1v) is 7.04. The van der Waals surface area contributed by atoms with Crippen LogP contribution in [0, 0.1) is 0 Å². The summed E-state index contributed by atoms with van der Waals surface area (Å²) in [7, 11) is 0. The third-order valence-corrected chi connectivity index (χ3v) is 3.01. The molecule has 0 aromatic heterocycles. The number of nitrogens with two attached hydrogens (primary N) is 2. The highest BCUT2D eigenvalue weighted by Crippen LogP contribution is 2.05. The van der Waals surface area contributed by atoms with Crippen LogP contribution >= 0.6 is 12.4 Å². The largest absolute Gasteiger partial charge is 0.481 e. The average Bonchev–Trinajstić information content (AvgIpc) is 2.88. The van der Waals surface area contributed by atoms with E-state index in [0.29, 0.717) is 6.42 Å². The molecule has 0 aromatic rings. The van der Waals surface area contributed by atoms with Gasteiger partial charge >= 0.3 is 12.0 Å². The van der Waals surface area contributed by atoms with Gasteiger partial charge in [0.2, 0.25) is 0 Å². The zero-order valence-electron chi connectivity index (χ0n) is 12.1. The van der Waals surface area contributed by atoms with Crippen LogP contribution in [-0.4, -0.2) is 41.6 Å². The van der Waals surface area contributed by atoms with E-state index in [0.717, 1.165) is 64.6 Å². The molecule has 1 aliphatic rings. The zero-order valence-corrected chi connectivity index (χ0v) is 12.9. The van der Waals surface area contributed by atoms with Crippen molar-refractivity contribution >= 4 is 24.4 Å². The van der Waals surface area contributed by atoms with Crippen molar-refractivity contribution in [3.05, 3.63) is 0 Å². The maximum absolute atomic E-state index is 10.3. The number of primary amides is 1. The Morgan fingerprint density at radius 2 is 1.50 bits per heavy atom. The molecular formula is C13H28ClN3O3. The number of nitrogens with zero attached hydrogens (tertiary/aromatic N) is 1. The van der Waals surface area contributed by atoms with Crippen molar-refractivity contribution < 1.29 is 14.7 Å². The summed E-state index contributed by atoms with van der Waals surface area (Å²) >= 11 is 0. The summed E-state index contributed by atoms with van der Waals surface area (Å²) in [4.78, 5) is 22.1. The lowest BCUT2D eigenvalue weighted by Gasteiger charge is -2.09. The van der Waals surface area contributed by atoms with Gasteiger partial charge < -0.3 is 21.5 Å². The highest BCUT2D eigenvalue weighted by atomic mass is 35.5. The Hall–Kier alpha value is -1.01. The van der Waals surface area contributed by atoms with Crippen LogP contribution in [0.25, 0.3) is 0 Å². The van der Waals surface area contributed by atoms with Crippen molar-refractivity contribution in [3.63, 3.8) is 0 Å². The monoisotopic (exact) mass is 309 g/mol. The quantitative estimate of drug-likeness (QED) is 0.624. The molecule has 0 aromatic carbocycles. The number of carbonyl (C=O) groups is 2. The molecule has 6 nitrogen and oxygen atoms in total. The Morgan fingerprint density at radius 1 is 1.00 bits per heavy atom. The SMILES string of the molecule is Cl.NC(=O)N1CCCC1.NCCCCCCCC(=O)O. The smallest absolute Gasteiger partial charge is 0.314 e. The van der Waals surface area contributed by atoms with Crippen LogP contribution in [0.2, 0.25) is 0 Å². The van der Waals surface area contributed by atoms with Crippen LogP contribution < -0.4 is 11.5 Å². The molecule has 1 heterocycles. The number of amides is 2. The molecule has 1 aliphatic heterocycles. The predicted octanol–water partition coefficient (Wildman–Crippen LogP) is 1.95. The molecule has 1 fully saturated rings. The number of likely N-dealkylation sites (tertiary alicyclic amines) is 1. The molecule has 0 spiro atoms. The Bertz CT molecular complexity index is 259. The molecule has 0 unspecified atom stereocenters. The van der Waals surface area contributed by atoms with Gasteiger partial charge in [0, 0.05) is 19.5 Å². The molecule has 2 amide bonds. The maximum Gasteiger partial charge on any atom is 0.314 e. The van der Waals surface area contributed by atoms with E-state index in [9.17, 15) is 9.59 Å². The fraction of sp³-hybridized carbons (Fsp3) is 0.846. The molecule has 120 valence electrons. The third-order valence-electron chi connectivity index (χ3n) is 3.01. The summed E-state index contributed by atoms with van der Waals surface area (Å²) in [5, 5.41) is 8.30. The molecule has 1 saturated heterocycles. The maximum atomic E-state index is 10.3. The fourth-order valence-corrected chi connectivity index (χ4v) is 1.89. The Labute approximate surface area is 127 Å². The molecule has 0 aliphatic carbocycles. The molecule has 7 heteroatoms. The van der Waals surface area contributed by atoms with E-state index >= 15 is 0 Å². The van der Waals surface area contributed by atoms with Gasteiger partial charge in [-0.3, -0.25) is 4.79 Å². The number of carboxylic acids is 1. The number of hydrogen-bond donors (Lipinski definition) is 3. The van der Waals surface area contributed by atoms with Gasteiger partial charge in [-0.2, -0.15) is 0 Å². The average molecular weight is 310 g/mol. The molecular weight excluding hydrogens is 282 g/mol. The summed E-state index contributed by atoms with van der Waals surface area (Å²) in [5.41, 5.74) is 10.3. The number of rotatable bonds is 7. The van der Waals surface area contributed by atoms with E-state index in [1.807, 2.05) is 0 Å². The second kappa shape index (κ2) is 14.4. The van der Waals surface area contributed by atoms with Gasteiger partial charge in [0.1, 0.15) is 0 Å². The number of unbranched alkanes of at least 4 members (excludes halogenated alkanes) is 4. The van der Waals surface area contributed by atoms with Gasteiger partial charge in [-0.25, -0.2) is 4.79 Å². The first kappa shape index (κ1) is 21.3. The Balaban J connectivity index is 0. The van der Waals surface area contributed by atoms with Gasteiger partial charge in [-0.05, 0) is 32.2 Å². The number of carboxylic acid groups (broad SMARTS) is 1. The lowest BCUT2D eigenvalue weighted by atomic mass is 10.1. The highest BCUT2D eigenvalue weighted by Gasteiger charge is 2.13. The second-order valence-electron chi connectivity index (χ2n) is 4.73. The number of urea groups is 1. The van der Waals surface area contributed by atoms with E-state index < -0.39 is 5.97 Å². The summed E-state index contributed by atoms with van der Waals surface area (Å²) in [6, 6.07) is -0.275. The van der Waals surface area contributed by atoms with Crippen LogP contribution in [0.1, 0.15) is 51.4 Å². The summed E-state index contributed by atoms with van der Waals surface area (Å²) in [6.45, 7) is 2.46. The van der Waals surface area contributed by atoms with Crippen molar-refractivity contribution in [1.29, 1.82) is 0 Å².